The van der Waals surface area contributed by atoms with Gasteiger partial charge < -0.3 is 9.15 Å². The molecule has 0 spiro atoms. The van der Waals surface area contributed by atoms with E-state index in [-0.39, 0.29) is 17.5 Å². The summed E-state index contributed by atoms with van der Waals surface area (Å²) in [6, 6.07) is 9.45. The fourth-order valence-electron chi connectivity index (χ4n) is 1.67. The molecular weight excluding hydrogens is 268 g/mol. The molecule has 0 aliphatic heterocycles. The van der Waals surface area contributed by atoms with Gasteiger partial charge in [0.2, 0.25) is 11.6 Å². The lowest BCUT2D eigenvalue weighted by molar-refractivity contribution is 0.414. The van der Waals surface area contributed by atoms with E-state index in [1.807, 2.05) is 44.2 Å². The fraction of sp³-hybridized carbons (Fsp3) is 0.267. The van der Waals surface area contributed by atoms with Gasteiger partial charge >= 0.3 is 0 Å². The van der Waals surface area contributed by atoms with Crippen LogP contribution in [0.3, 0.4) is 0 Å². The molecule has 0 amide bonds. The first-order valence-electron chi connectivity index (χ1n) is 6.48. The van der Waals surface area contributed by atoms with E-state index in [0.717, 1.165) is 5.56 Å². The van der Waals surface area contributed by atoms with E-state index in [0.29, 0.717) is 11.6 Å². The summed E-state index contributed by atoms with van der Waals surface area (Å²) in [5, 5.41) is 13.1. The summed E-state index contributed by atoms with van der Waals surface area (Å²) >= 11 is 0. The highest BCUT2D eigenvalue weighted by molar-refractivity contribution is 5.83. The normalized spacial score (nSPS) is 10.8. The largest absolute Gasteiger partial charge is 0.496 e. The minimum absolute atomic E-state index is 0.103. The Kier molecular flexibility index (Phi) is 4.57. The Morgan fingerprint density at radius 1 is 1.43 bits per heavy atom. The van der Waals surface area contributed by atoms with Crippen molar-refractivity contribution in [2.45, 2.75) is 19.8 Å². The Balaban J connectivity index is 2.16. The Bertz CT molecular complexity index is 683. The molecule has 1 N–H and O–H groups in total. The average molecular weight is 284 g/mol. The molecule has 2 aromatic rings. The van der Waals surface area contributed by atoms with Gasteiger partial charge in [-0.15, -0.1) is 0 Å². The van der Waals surface area contributed by atoms with Crippen LogP contribution in [0.25, 0.3) is 0 Å². The minimum Gasteiger partial charge on any atom is -0.496 e. The van der Waals surface area contributed by atoms with E-state index in [4.69, 9.17) is 14.4 Å². The number of hydrogen-bond donors (Lipinski definition) is 1. The van der Waals surface area contributed by atoms with E-state index in [2.05, 4.69) is 15.5 Å². The fourth-order valence-corrected chi connectivity index (χ4v) is 1.67. The summed E-state index contributed by atoms with van der Waals surface area (Å²) in [7, 11) is 1.60. The number of nitrogens with zero attached hydrogens (tertiary/aromatic N) is 3. The molecule has 0 fully saturated rings. The first-order chi connectivity index (χ1) is 10.2. The van der Waals surface area contributed by atoms with Gasteiger partial charge in [0, 0.05) is 11.5 Å². The third-order valence-electron chi connectivity index (χ3n) is 2.75. The molecule has 0 saturated heterocycles. The van der Waals surface area contributed by atoms with E-state index >= 15 is 0 Å². The van der Waals surface area contributed by atoms with Crippen LogP contribution in [0.15, 0.2) is 33.8 Å². The minimum atomic E-state index is 0.103. The first-order valence-corrected chi connectivity index (χ1v) is 6.48. The summed E-state index contributed by atoms with van der Waals surface area (Å²) in [6.45, 7) is 3.88. The molecule has 0 atom stereocenters. The number of nitriles is 1. The highest BCUT2D eigenvalue weighted by Gasteiger charge is 2.14. The van der Waals surface area contributed by atoms with Crippen LogP contribution >= 0.6 is 0 Å². The van der Waals surface area contributed by atoms with E-state index in [1.54, 1.807) is 13.3 Å². The predicted molar refractivity (Wildman–Crippen MR) is 79.5 cm³/mol. The molecule has 0 saturated carbocycles. The lowest BCUT2D eigenvalue weighted by atomic mass is 10.2. The summed E-state index contributed by atoms with van der Waals surface area (Å²) in [6.07, 6.45) is 1.59. The molecule has 0 radical (unpaired) electrons. The summed E-state index contributed by atoms with van der Waals surface area (Å²) < 4.78 is 10.7. The van der Waals surface area contributed by atoms with Gasteiger partial charge in [-0.3, -0.25) is 0 Å². The number of oxazole rings is 1. The Morgan fingerprint density at radius 3 is 2.86 bits per heavy atom. The van der Waals surface area contributed by atoms with Crippen LogP contribution < -0.4 is 10.2 Å². The van der Waals surface area contributed by atoms with Crippen LogP contribution in [0.4, 0.5) is 5.88 Å². The van der Waals surface area contributed by atoms with Crippen molar-refractivity contribution in [3.05, 3.63) is 41.4 Å². The Morgan fingerprint density at radius 2 is 2.19 bits per heavy atom. The molecule has 0 unspecified atom stereocenters. The molecule has 6 nitrogen and oxygen atoms in total. The molecular formula is C15H16N4O2. The van der Waals surface area contributed by atoms with Crippen molar-refractivity contribution in [3.63, 3.8) is 0 Å². The van der Waals surface area contributed by atoms with Crippen molar-refractivity contribution in [3.8, 4) is 11.8 Å². The molecule has 21 heavy (non-hydrogen) atoms. The van der Waals surface area contributed by atoms with Crippen molar-refractivity contribution in [1.82, 2.24) is 4.98 Å². The zero-order valence-corrected chi connectivity index (χ0v) is 12.1. The van der Waals surface area contributed by atoms with E-state index in [1.165, 1.54) is 0 Å². The number of hydrogen-bond acceptors (Lipinski definition) is 6. The van der Waals surface area contributed by atoms with Crippen LogP contribution in [0.2, 0.25) is 0 Å². The molecule has 6 heteroatoms. The van der Waals surface area contributed by atoms with Gasteiger partial charge in [0.05, 0.1) is 13.3 Å². The lowest BCUT2D eigenvalue weighted by Crippen LogP contribution is -1.94. The summed E-state index contributed by atoms with van der Waals surface area (Å²) in [4.78, 5) is 4.10. The third-order valence-corrected chi connectivity index (χ3v) is 2.75. The van der Waals surface area contributed by atoms with Crippen LogP contribution in [0.1, 0.15) is 36.9 Å². The summed E-state index contributed by atoms with van der Waals surface area (Å²) in [5.41, 5.74) is 3.71. The van der Waals surface area contributed by atoms with Crippen LogP contribution in [-0.4, -0.2) is 18.3 Å². The molecule has 108 valence electrons. The van der Waals surface area contributed by atoms with Crippen molar-refractivity contribution >= 4 is 12.1 Å². The maximum Gasteiger partial charge on any atom is 0.252 e. The van der Waals surface area contributed by atoms with Crippen LogP contribution in [0, 0.1) is 11.3 Å². The number of aromatic nitrogens is 1. The monoisotopic (exact) mass is 284 g/mol. The maximum absolute atomic E-state index is 9.03. The number of benzene rings is 1. The number of hydrazone groups is 1. The highest BCUT2D eigenvalue weighted by Crippen LogP contribution is 2.22. The molecule has 1 heterocycles. The predicted octanol–water partition coefficient (Wildman–Crippen LogP) is 3.12. The molecule has 2 rings (SSSR count). The standard InChI is InChI=1S/C15H16N4O2/c1-10(2)14-18-12(8-16)15(21-14)19-17-9-11-6-4-5-7-13(11)20-3/h4-7,9-10,19H,1-3H3. The third kappa shape index (κ3) is 3.39. The van der Waals surface area contributed by atoms with E-state index < -0.39 is 0 Å². The maximum atomic E-state index is 9.03. The van der Waals surface area contributed by atoms with Gasteiger partial charge in [0.1, 0.15) is 11.8 Å². The second-order valence-electron chi connectivity index (χ2n) is 4.61. The number of nitrogens with one attached hydrogen (secondary N) is 1. The van der Waals surface area contributed by atoms with Crippen LogP contribution in [0.5, 0.6) is 5.75 Å². The second-order valence-corrected chi connectivity index (χ2v) is 4.61. The number of anilines is 1. The summed E-state index contributed by atoms with van der Waals surface area (Å²) in [5.74, 6) is 1.56. The Labute approximate surface area is 123 Å². The smallest absolute Gasteiger partial charge is 0.252 e. The zero-order valence-electron chi connectivity index (χ0n) is 12.1. The van der Waals surface area contributed by atoms with E-state index in [9.17, 15) is 0 Å². The molecule has 0 bridgehead atoms. The Hall–Kier alpha value is -2.81. The average Bonchev–Trinajstić information content (AvgIpc) is 2.91. The highest BCUT2D eigenvalue weighted by atomic mass is 16.5. The second kappa shape index (κ2) is 6.57. The number of ether oxygens (including phenoxy) is 1. The molecule has 0 aliphatic carbocycles. The number of methoxy groups -OCH3 is 1. The molecule has 1 aromatic carbocycles. The van der Waals surface area contributed by atoms with Crippen molar-refractivity contribution in [2.24, 2.45) is 5.10 Å². The van der Waals surface area contributed by atoms with Gasteiger partial charge in [-0.05, 0) is 12.1 Å². The SMILES string of the molecule is COc1ccccc1C=NNc1oc(C(C)C)nc1C#N. The number of para-hydroxylation sites is 1. The van der Waals surface area contributed by atoms with Gasteiger partial charge in [-0.2, -0.15) is 10.4 Å². The lowest BCUT2D eigenvalue weighted by Gasteiger charge is -2.02. The van der Waals surface area contributed by atoms with Gasteiger partial charge in [0.15, 0.2) is 0 Å². The topological polar surface area (TPSA) is 83.4 Å². The molecule has 0 aliphatic rings. The van der Waals surface area contributed by atoms with Gasteiger partial charge in [-0.1, -0.05) is 26.0 Å². The first kappa shape index (κ1) is 14.6. The van der Waals surface area contributed by atoms with Crippen molar-refractivity contribution in [1.29, 1.82) is 5.26 Å². The zero-order chi connectivity index (χ0) is 15.2. The van der Waals surface area contributed by atoms with Gasteiger partial charge in [0.25, 0.3) is 5.88 Å². The van der Waals surface area contributed by atoms with Crippen molar-refractivity contribution in [2.75, 3.05) is 12.5 Å². The van der Waals surface area contributed by atoms with Crippen LogP contribution in [-0.2, 0) is 0 Å². The number of rotatable bonds is 5. The quantitative estimate of drug-likeness (QED) is 0.673. The molecule has 1 aromatic heterocycles. The van der Waals surface area contributed by atoms with Gasteiger partial charge in [-0.25, -0.2) is 10.4 Å². The van der Waals surface area contributed by atoms with Crippen molar-refractivity contribution < 1.29 is 9.15 Å².